The first-order chi connectivity index (χ1) is 12.7. The van der Waals surface area contributed by atoms with Crippen LogP contribution >= 0.6 is 0 Å². The van der Waals surface area contributed by atoms with E-state index in [0.717, 1.165) is 16.5 Å². The molecule has 26 heavy (non-hydrogen) atoms. The number of pyridine rings is 1. The molecule has 3 nitrogen and oxygen atoms in total. The second kappa shape index (κ2) is 6.81. The average Bonchev–Trinajstić information content (AvgIpc) is 2.70. The molecule has 4 rings (SSSR count). The number of phenols is 1. The van der Waals surface area contributed by atoms with Gasteiger partial charge in [-0.05, 0) is 23.3 Å². The Bertz CT molecular complexity index is 1020. The summed E-state index contributed by atoms with van der Waals surface area (Å²) in [6.07, 6.45) is 0. The van der Waals surface area contributed by atoms with E-state index in [1.807, 2.05) is 78.9 Å². The number of hydrogen-bond acceptors (Lipinski definition) is 3. The summed E-state index contributed by atoms with van der Waals surface area (Å²) >= 11 is 0. The molecule has 1 heterocycles. The van der Waals surface area contributed by atoms with Gasteiger partial charge < -0.3 is 10.5 Å². The number of nitrogens with one attached hydrogen (secondary N) is 1. The van der Waals surface area contributed by atoms with Gasteiger partial charge in [-0.2, -0.15) is 0 Å². The molecule has 0 fully saturated rings. The van der Waals surface area contributed by atoms with Gasteiger partial charge in [0.05, 0.1) is 17.3 Å². The largest absolute Gasteiger partial charge is 0.506 e. The van der Waals surface area contributed by atoms with Crippen LogP contribution in [0.2, 0.25) is 0 Å². The highest BCUT2D eigenvalue weighted by atomic mass is 16.3. The number of benzene rings is 3. The van der Waals surface area contributed by atoms with Crippen molar-refractivity contribution in [2.75, 3.05) is 0 Å². The van der Waals surface area contributed by atoms with Crippen LogP contribution in [0.25, 0.3) is 10.9 Å². The van der Waals surface area contributed by atoms with Crippen molar-refractivity contribution in [3.63, 3.8) is 0 Å². The monoisotopic (exact) mass is 338 g/mol. The summed E-state index contributed by atoms with van der Waals surface area (Å²) in [7, 11) is 0. The molecule has 1 aromatic heterocycles. The molecule has 126 valence electrons. The molecule has 0 aliphatic carbocycles. The molecule has 0 aliphatic heterocycles. The van der Waals surface area contributed by atoms with Crippen LogP contribution in [0.5, 0.6) is 5.75 Å². The Morgan fingerprint density at radius 1 is 0.731 bits per heavy atom. The standard InChI is InChI=1S/C23H18N2O/c24-22(19-15-14-18-12-7-13-20(26)23(18)25-19)21(16-8-3-1-4-9-16)17-10-5-2-6-11-17/h1-15,21,24,26H. The van der Waals surface area contributed by atoms with Crippen molar-refractivity contribution in [1.82, 2.24) is 4.98 Å². The summed E-state index contributed by atoms with van der Waals surface area (Å²) in [6.45, 7) is 0. The SMILES string of the molecule is N=C(c1ccc2cccc(O)c2n1)C(c1ccccc1)c1ccccc1. The molecule has 0 amide bonds. The molecule has 0 spiro atoms. The van der Waals surface area contributed by atoms with Crippen molar-refractivity contribution >= 4 is 16.6 Å². The van der Waals surface area contributed by atoms with E-state index in [1.54, 1.807) is 12.1 Å². The van der Waals surface area contributed by atoms with Gasteiger partial charge in [-0.15, -0.1) is 0 Å². The molecule has 4 aromatic rings. The normalized spacial score (nSPS) is 11.0. The summed E-state index contributed by atoms with van der Waals surface area (Å²) in [5.41, 5.74) is 3.59. The number of rotatable bonds is 4. The number of para-hydroxylation sites is 1. The van der Waals surface area contributed by atoms with E-state index in [4.69, 9.17) is 5.41 Å². The predicted molar refractivity (Wildman–Crippen MR) is 105 cm³/mol. The van der Waals surface area contributed by atoms with Gasteiger partial charge in [-0.1, -0.05) is 78.9 Å². The minimum Gasteiger partial charge on any atom is -0.506 e. The quantitative estimate of drug-likeness (QED) is 0.506. The lowest BCUT2D eigenvalue weighted by molar-refractivity contribution is 0.480. The maximum Gasteiger partial charge on any atom is 0.141 e. The van der Waals surface area contributed by atoms with Crippen molar-refractivity contribution in [2.24, 2.45) is 0 Å². The molecular weight excluding hydrogens is 320 g/mol. The van der Waals surface area contributed by atoms with Gasteiger partial charge in [-0.25, -0.2) is 4.98 Å². The summed E-state index contributed by atoms with van der Waals surface area (Å²) in [5.74, 6) is -0.0821. The lowest BCUT2D eigenvalue weighted by Crippen LogP contribution is -2.16. The first-order valence-electron chi connectivity index (χ1n) is 8.51. The van der Waals surface area contributed by atoms with E-state index >= 15 is 0 Å². The van der Waals surface area contributed by atoms with Gasteiger partial charge in [-0.3, -0.25) is 0 Å². The summed E-state index contributed by atoms with van der Waals surface area (Å²) in [5, 5.41) is 19.8. The van der Waals surface area contributed by atoms with Crippen LogP contribution in [0.1, 0.15) is 22.7 Å². The Hall–Kier alpha value is -3.46. The molecule has 3 heteroatoms. The zero-order valence-corrected chi connectivity index (χ0v) is 14.1. The molecule has 0 saturated heterocycles. The molecule has 0 saturated carbocycles. The van der Waals surface area contributed by atoms with Crippen molar-refractivity contribution < 1.29 is 5.11 Å². The first-order valence-corrected chi connectivity index (χ1v) is 8.51. The van der Waals surface area contributed by atoms with Crippen LogP contribution in [0.3, 0.4) is 0 Å². The van der Waals surface area contributed by atoms with Crippen LogP contribution in [-0.4, -0.2) is 15.8 Å². The zero-order valence-electron chi connectivity index (χ0n) is 14.1. The minimum absolute atomic E-state index is 0.133. The van der Waals surface area contributed by atoms with Gasteiger partial charge in [0.2, 0.25) is 0 Å². The lowest BCUT2D eigenvalue weighted by atomic mass is 9.85. The van der Waals surface area contributed by atoms with Gasteiger partial charge in [0.1, 0.15) is 11.3 Å². The van der Waals surface area contributed by atoms with E-state index in [9.17, 15) is 5.11 Å². The molecule has 3 aromatic carbocycles. The highest BCUT2D eigenvalue weighted by molar-refractivity contribution is 6.05. The van der Waals surface area contributed by atoms with Crippen molar-refractivity contribution in [2.45, 2.75) is 5.92 Å². The van der Waals surface area contributed by atoms with Crippen LogP contribution in [-0.2, 0) is 0 Å². The smallest absolute Gasteiger partial charge is 0.141 e. The molecule has 0 bridgehead atoms. The van der Waals surface area contributed by atoms with E-state index in [2.05, 4.69) is 4.98 Å². The predicted octanol–water partition coefficient (Wildman–Crippen LogP) is 5.14. The first kappa shape index (κ1) is 16.0. The molecule has 0 aliphatic rings. The summed E-state index contributed by atoms with van der Waals surface area (Å²) < 4.78 is 0. The highest BCUT2D eigenvalue weighted by Crippen LogP contribution is 2.29. The highest BCUT2D eigenvalue weighted by Gasteiger charge is 2.22. The Morgan fingerprint density at radius 2 is 1.35 bits per heavy atom. The van der Waals surface area contributed by atoms with Crippen molar-refractivity contribution in [3.05, 3.63) is 108 Å². The maximum absolute atomic E-state index is 10.1. The Labute approximate surface area is 152 Å². The van der Waals surface area contributed by atoms with Crippen LogP contribution in [0.15, 0.2) is 91.0 Å². The topological polar surface area (TPSA) is 57.0 Å². The van der Waals surface area contributed by atoms with E-state index in [1.165, 1.54) is 0 Å². The summed E-state index contributed by atoms with van der Waals surface area (Å²) in [6, 6.07) is 29.1. The molecule has 0 unspecified atom stereocenters. The summed E-state index contributed by atoms with van der Waals surface area (Å²) in [4.78, 5) is 4.57. The Balaban J connectivity index is 1.84. The van der Waals surface area contributed by atoms with Crippen LogP contribution in [0.4, 0.5) is 0 Å². The lowest BCUT2D eigenvalue weighted by Gasteiger charge is -2.19. The fraction of sp³-hybridized carbons (Fsp3) is 0.0435. The number of fused-ring (bicyclic) bond motifs is 1. The molecular formula is C23H18N2O. The van der Waals surface area contributed by atoms with Crippen LogP contribution in [0, 0.1) is 5.41 Å². The molecule has 2 N–H and O–H groups in total. The average molecular weight is 338 g/mol. The third-order valence-corrected chi connectivity index (χ3v) is 4.53. The number of aromatic hydroxyl groups is 1. The zero-order chi connectivity index (χ0) is 17.9. The van der Waals surface area contributed by atoms with Gasteiger partial charge in [0, 0.05) is 5.39 Å². The third kappa shape index (κ3) is 2.95. The van der Waals surface area contributed by atoms with Gasteiger partial charge >= 0.3 is 0 Å². The second-order valence-electron chi connectivity index (χ2n) is 6.21. The molecule has 0 atom stereocenters. The maximum atomic E-state index is 10.1. The van der Waals surface area contributed by atoms with Gasteiger partial charge in [0.25, 0.3) is 0 Å². The number of nitrogens with zero attached hydrogens (tertiary/aromatic N) is 1. The Morgan fingerprint density at radius 3 is 1.96 bits per heavy atom. The second-order valence-corrected chi connectivity index (χ2v) is 6.21. The van der Waals surface area contributed by atoms with Crippen molar-refractivity contribution in [1.29, 1.82) is 5.41 Å². The minimum atomic E-state index is -0.215. The van der Waals surface area contributed by atoms with Crippen molar-refractivity contribution in [3.8, 4) is 5.75 Å². The Kier molecular flexibility index (Phi) is 4.20. The number of phenolic OH excluding ortho intramolecular Hbond substituents is 1. The molecule has 0 radical (unpaired) electrons. The van der Waals surface area contributed by atoms with E-state index < -0.39 is 0 Å². The van der Waals surface area contributed by atoms with E-state index in [0.29, 0.717) is 16.9 Å². The van der Waals surface area contributed by atoms with E-state index in [-0.39, 0.29) is 11.7 Å². The number of hydrogen-bond donors (Lipinski definition) is 2. The van der Waals surface area contributed by atoms with Crippen LogP contribution < -0.4 is 0 Å². The number of aromatic nitrogens is 1. The fourth-order valence-corrected chi connectivity index (χ4v) is 3.25. The van der Waals surface area contributed by atoms with Gasteiger partial charge in [0.15, 0.2) is 0 Å². The fourth-order valence-electron chi connectivity index (χ4n) is 3.25. The third-order valence-electron chi connectivity index (χ3n) is 4.53.